The standard InChI is InChI=1S/C24H22F2N4O4/c1-33-22-19(25)12-17(13-20(22)26)28-24-27-14-18(23(29-24)30-7-9-34-10-8-30)16-4-2-3-15(11-16)5-6-21(31)32/h2-6,11-14H,7-10H2,1H3,(H,31,32)(H,27,28,29)/b6-5+. The van der Waals surface area contributed by atoms with Crippen LogP contribution in [0.4, 0.5) is 26.2 Å². The molecular weight excluding hydrogens is 446 g/mol. The molecule has 2 aromatic carbocycles. The van der Waals surface area contributed by atoms with Gasteiger partial charge in [-0.1, -0.05) is 18.2 Å². The minimum Gasteiger partial charge on any atom is -0.491 e. The van der Waals surface area contributed by atoms with E-state index in [2.05, 4.69) is 15.3 Å². The number of ether oxygens (including phenoxy) is 2. The lowest BCUT2D eigenvalue weighted by Crippen LogP contribution is -2.37. The maximum atomic E-state index is 14.1. The molecule has 0 unspecified atom stereocenters. The fraction of sp³-hybridized carbons (Fsp3) is 0.208. The van der Waals surface area contributed by atoms with Crippen LogP contribution in [0.25, 0.3) is 17.2 Å². The first-order valence-corrected chi connectivity index (χ1v) is 10.5. The second-order valence-electron chi connectivity index (χ2n) is 7.43. The van der Waals surface area contributed by atoms with Crippen LogP contribution in [0.5, 0.6) is 5.75 Å². The summed E-state index contributed by atoms with van der Waals surface area (Å²) in [5, 5.41) is 11.8. The lowest BCUT2D eigenvalue weighted by atomic mass is 10.0. The van der Waals surface area contributed by atoms with Crippen LogP contribution in [-0.2, 0) is 9.53 Å². The maximum absolute atomic E-state index is 14.1. The molecule has 0 aliphatic carbocycles. The number of aliphatic carboxylic acids is 1. The van der Waals surface area contributed by atoms with Gasteiger partial charge in [-0.3, -0.25) is 0 Å². The molecule has 1 aliphatic rings. The average molecular weight is 468 g/mol. The molecule has 3 aromatic rings. The zero-order valence-electron chi connectivity index (χ0n) is 18.3. The predicted molar refractivity (Wildman–Crippen MR) is 123 cm³/mol. The third-order valence-corrected chi connectivity index (χ3v) is 5.15. The van der Waals surface area contributed by atoms with Gasteiger partial charge in [0.15, 0.2) is 17.4 Å². The topological polar surface area (TPSA) is 96.8 Å². The van der Waals surface area contributed by atoms with Crippen LogP contribution < -0.4 is 15.0 Å². The number of benzene rings is 2. The van der Waals surface area contributed by atoms with Crippen molar-refractivity contribution in [2.45, 2.75) is 0 Å². The molecule has 4 rings (SSSR count). The zero-order valence-corrected chi connectivity index (χ0v) is 18.3. The van der Waals surface area contributed by atoms with E-state index in [-0.39, 0.29) is 11.6 Å². The number of aromatic nitrogens is 2. The van der Waals surface area contributed by atoms with Crippen molar-refractivity contribution in [3.05, 3.63) is 65.9 Å². The fourth-order valence-electron chi connectivity index (χ4n) is 3.59. The molecular formula is C24H22F2N4O4. The van der Waals surface area contributed by atoms with Gasteiger partial charge in [0.05, 0.1) is 20.3 Å². The number of carbonyl (C=O) groups is 1. The highest BCUT2D eigenvalue weighted by Gasteiger charge is 2.20. The van der Waals surface area contributed by atoms with Gasteiger partial charge in [-0.2, -0.15) is 4.98 Å². The Labute approximate surface area is 194 Å². The summed E-state index contributed by atoms with van der Waals surface area (Å²) in [6, 6.07) is 9.53. The Hall–Kier alpha value is -4.05. The molecule has 0 radical (unpaired) electrons. The van der Waals surface area contributed by atoms with Gasteiger partial charge in [-0.25, -0.2) is 18.6 Å². The largest absolute Gasteiger partial charge is 0.491 e. The molecule has 1 aliphatic heterocycles. The van der Waals surface area contributed by atoms with E-state index in [1.54, 1.807) is 12.3 Å². The normalized spacial score (nSPS) is 13.8. The number of nitrogens with one attached hydrogen (secondary N) is 1. The first-order valence-electron chi connectivity index (χ1n) is 10.5. The monoisotopic (exact) mass is 468 g/mol. The van der Waals surface area contributed by atoms with Gasteiger partial charge in [0, 0.05) is 48.7 Å². The minimum absolute atomic E-state index is 0.136. The van der Waals surface area contributed by atoms with Gasteiger partial charge in [0.25, 0.3) is 0 Å². The van der Waals surface area contributed by atoms with Gasteiger partial charge < -0.3 is 24.8 Å². The molecule has 34 heavy (non-hydrogen) atoms. The number of carboxylic acids is 1. The first kappa shape index (κ1) is 23.1. The highest BCUT2D eigenvalue weighted by molar-refractivity contribution is 5.86. The minimum atomic E-state index is -1.04. The molecule has 1 aromatic heterocycles. The second-order valence-corrected chi connectivity index (χ2v) is 7.43. The first-order chi connectivity index (χ1) is 16.4. The number of halogens is 2. The molecule has 2 N–H and O–H groups in total. The third-order valence-electron chi connectivity index (χ3n) is 5.15. The molecule has 176 valence electrons. The van der Waals surface area contributed by atoms with E-state index < -0.39 is 23.4 Å². The number of rotatable bonds is 7. The Balaban J connectivity index is 1.71. The Morgan fingerprint density at radius 3 is 2.62 bits per heavy atom. The molecule has 0 spiro atoms. The Kier molecular flexibility index (Phi) is 6.98. The number of hydrogen-bond acceptors (Lipinski definition) is 7. The van der Waals surface area contributed by atoms with E-state index in [0.29, 0.717) is 37.7 Å². The fourth-order valence-corrected chi connectivity index (χ4v) is 3.59. The van der Waals surface area contributed by atoms with Gasteiger partial charge in [-0.15, -0.1) is 0 Å². The van der Waals surface area contributed by atoms with E-state index in [9.17, 15) is 13.6 Å². The third kappa shape index (κ3) is 5.29. The van der Waals surface area contributed by atoms with Crippen LogP contribution in [0.15, 0.2) is 48.7 Å². The number of carboxylic acid groups (broad SMARTS) is 1. The van der Waals surface area contributed by atoms with Crippen LogP contribution in [0, 0.1) is 11.6 Å². The van der Waals surface area contributed by atoms with Crippen LogP contribution in [0.2, 0.25) is 0 Å². The smallest absolute Gasteiger partial charge is 0.328 e. The van der Waals surface area contributed by atoms with Crippen LogP contribution >= 0.6 is 0 Å². The van der Waals surface area contributed by atoms with Crippen molar-refractivity contribution in [2.75, 3.05) is 43.6 Å². The number of anilines is 3. The molecule has 1 saturated heterocycles. The Bertz CT molecular complexity index is 1210. The van der Waals surface area contributed by atoms with Gasteiger partial charge in [0.2, 0.25) is 5.95 Å². The van der Waals surface area contributed by atoms with Crippen LogP contribution in [0.3, 0.4) is 0 Å². The van der Waals surface area contributed by atoms with E-state index in [1.807, 2.05) is 23.1 Å². The van der Waals surface area contributed by atoms with Gasteiger partial charge in [-0.05, 0) is 23.3 Å². The summed E-state index contributed by atoms with van der Waals surface area (Å²) in [6.07, 6.45) is 4.19. The number of nitrogens with zero attached hydrogens (tertiary/aromatic N) is 3. The highest BCUT2D eigenvalue weighted by Crippen LogP contribution is 2.32. The Morgan fingerprint density at radius 1 is 1.21 bits per heavy atom. The lowest BCUT2D eigenvalue weighted by molar-refractivity contribution is -0.131. The molecule has 10 heteroatoms. The highest BCUT2D eigenvalue weighted by atomic mass is 19.1. The van der Waals surface area contributed by atoms with Crippen molar-refractivity contribution in [1.82, 2.24) is 9.97 Å². The van der Waals surface area contributed by atoms with Crippen molar-refractivity contribution in [1.29, 1.82) is 0 Å². The molecule has 1 fully saturated rings. The molecule has 0 atom stereocenters. The molecule has 0 amide bonds. The van der Waals surface area contributed by atoms with E-state index in [1.165, 1.54) is 13.2 Å². The van der Waals surface area contributed by atoms with Crippen molar-refractivity contribution in [3.63, 3.8) is 0 Å². The van der Waals surface area contributed by atoms with Gasteiger partial charge in [0.1, 0.15) is 5.82 Å². The van der Waals surface area contributed by atoms with Gasteiger partial charge >= 0.3 is 5.97 Å². The summed E-state index contributed by atoms with van der Waals surface area (Å²) in [5.41, 5.74) is 2.36. The van der Waals surface area contributed by atoms with Crippen molar-refractivity contribution >= 4 is 29.5 Å². The molecule has 0 saturated carbocycles. The van der Waals surface area contributed by atoms with E-state index in [0.717, 1.165) is 29.3 Å². The van der Waals surface area contributed by atoms with Crippen LogP contribution in [-0.4, -0.2) is 54.5 Å². The molecule has 8 nitrogen and oxygen atoms in total. The molecule has 2 heterocycles. The summed E-state index contributed by atoms with van der Waals surface area (Å²) in [7, 11) is 1.19. The quantitative estimate of drug-likeness (QED) is 0.500. The van der Waals surface area contributed by atoms with Crippen molar-refractivity contribution < 1.29 is 28.2 Å². The predicted octanol–water partition coefficient (Wildman–Crippen LogP) is 4.11. The number of hydrogen-bond donors (Lipinski definition) is 2. The van der Waals surface area contributed by atoms with Crippen LogP contribution in [0.1, 0.15) is 5.56 Å². The van der Waals surface area contributed by atoms with E-state index in [4.69, 9.17) is 14.6 Å². The summed E-state index contributed by atoms with van der Waals surface area (Å²) in [4.78, 5) is 21.9. The number of morpholine rings is 1. The summed E-state index contributed by atoms with van der Waals surface area (Å²) in [6.45, 7) is 2.27. The van der Waals surface area contributed by atoms with Crippen molar-refractivity contribution in [2.24, 2.45) is 0 Å². The molecule has 0 bridgehead atoms. The SMILES string of the molecule is COc1c(F)cc(Nc2ncc(-c3cccc(/C=C/C(=O)O)c3)c(N3CCOCC3)n2)cc1F. The average Bonchev–Trinajstić information content (AvgIpc) is 2.83. The maximum Gasteiger partial charge on any atom is 0.328 e. The lowest BCUT2D eigenvalue weighted by Gasteiger charge is -2.29. The van der Waals surface area contributed by atoms with Crippen molar-refractivity contribution in [3.8, 4) is 16.9 Å². The number of methoxy groups -OCH3 is 1. The summed E-state index contributed by atoms with van der Waals surface area (Å²) in [5.74, 6) is -2.41. The summed E-state index contributed by atoms with van der Waals surface area (Å²) < 4.78 is 38.4. The Morgan fingerprint density at radius 2 is 1.94 bits per heavy atom. The zero-order chi connectivity index (χ0) is 24.1. The van der Waals surface area contributed by atoms with E-state index >= 15 is 0 Å². The second kappa shape index (κ2) is 10.3. The summed E-state index contributed by atoms with van der Waals surface area (Å²) >= 11 is 0.